The average Bonchev–Trinajstić information content (AvgIpc) is 2.44. The van der Waals surface area contributed by atoms with Gasteiger partial charge in [0.05, 0.1) is 12.2 Å². The van der Waals surface area contributed by atoms with E-state index in [0.717, 1.165) is 0 Å². The summed E-state index contributed by atoms with van der Waals surface area (Å²) in [5, 5.41) is 2.51. The summed E-state index contributed by atoms with van der Waals surface area (Å²) in [6.45, 7) is 0.169. The number of para-hydroxylation sites is 2. The number of rotatable bonds is 2. The van der Waals surface area contributed by atoms with Crippen LogP contribution in [0, 0.1) is 0 Å². The summed E-state index contributed by atoms with van der Waals surface area (Å²) in [6.07, 6.45) is -0.711. The Kier molecular flexibility index (Phi) is 3.72. The number of anilines is 1. The molecule has 1 aromatic carbocycles. The number of ether oxygens (including phenoxy) is 1. The largest absolute Gasteiger partial charge is 0.477 e. The lowest BCUT2D eigenvalue weighted by Crippen LogP contribution is -2.50. The van der Waals surface area contributed by atoms with Crippen molar-refractivity contribution in [3.8, 4) is 5.75 Å². The Morgan fingerprint density at radius 1 is 1.50 bits per heavy atom. The van der Waals surface area contributed by atoms with Crippen molar-refractivity contribution in [2.75, 3.05) is 24.4 Å². The molecule has 1 aliphatic rings. The van der Waals surface area contributed by atoms with Crippen LogP contribution in [0.25, 0.3) is 0 Å². The van der Waals surface area contributed by atoms with E-state index in [2.05, 4.69) is 5.32 Å². The minimum absolute atomic E-state index is 0.130. The number of alkyl halides is 1. The lowest BCUT2D eigenvalue weighted by atomic mass is 10.2. The molecule has 96 valence electrons. The summed E-state index contributed by atoms with van der Waals surface area (Å²) in [6, 6.07) is 7.07. The van der Waals surface area contributed by atoms with Crippen LogP contribution in [-0.4, -0.2) is 37.4 Å². The molecule has 0 saturated carbocycles. The van der Waals surface area contributed by atoms with E-state index < -0.39 is 6.10 Å². The third-order valence-corrected chi connectivity index (χ3v) is 2.96. The summed E-state index contributed by atoms with van der Waals surface area (Å²) in [4.78, 5) is 24.9. The summed E-state index contributed by atoms with van der Waals surface area (Å²) in [7, 11) is 1.53. The molecule has 0 fully saturated rings. The third kappa shape index (κ3) is 2.26. The van der Waals surface area contributed by atoms with Crippen molar-refractivity contribution < 1.29 is 14.3 Å². The van der Waals surface area contributed by atoms with Crippen molar-refractivity contribution in [3.63, 3.8) is 0 Å². The van der Waals surface area contributed by atoms with Crippen molar-refractivity contribution >= 4 is 29.1 Å². The van der Waals surface area contributed by atoms with Gasteiger partial charge in [0, 0.05) is 7.05 Å². The molecule has 2 amide bonds. The molecule has 2 rings (SSSR count). The first-order valence-electron chi connectivity index (χ1n) is 5.51. The number of carbonyl (C=O) groups is 2. The molecule has 0 bridgehead atoms. The Balaban J connectivity index is 2.35. The lowest BCUT2D eigenvalue weighted by Gasteiger charge is -2.33. The van der Waals surface area contributed by atoms with Gasteiger partial charge in [-0.1, -0.05) is 12.1 Å². The number of hydrogen-bond donors (Lipinski definition) is 1. The molecule has 0 unspecified atom stereocenters. The second-order valence-corrected chi connectivity index (χ2v) is 4.09. The maximum atomic E-state index is 11.8. The molecule has 18 heavy (non-hydrogen) atoms. The average molecular weight is 269 g/mol. The zero-order valence-electron chi connectivity index (χ0n) is 9.85. The Morgan fingerprint density at radius 3 is 2.89 bits per heavy atom. The fourth-order valence-corrected chi connectivity index (χ4v) is 1.98. The number of fused-ring (bicyclic) bond motifs is 1. The topological polar surface area (TPSA) is 58.6 Å². The van der Waals surface area contributed by atoms with Crippen LogP contribution in [0.1, 0.15) is 0 Å². The SMILES string of the molecule is CNC(=O)[C@H]1CN(C(=O)CCl)c2ccccc2O1. The molecule has 1 aromatic rings. The number of halogens is 1. The van der Waals surface area contributed by atoms with Crippen molar-refractivity contribution in [2.45, 2.75) is 6.10 Å². The van der Waals surface area contributed by atoms with Crippen LogP contribution in [0.5, 0.6) is 5.75 Å². The molecular weight excluding hydrogens is 256 g/mol. The summed E-state index contributed by atoms with van der Waals surface area (Å²) in [5.74, 6) is -0.136. The molecule has 0 saturated heterocycles. The Hall–Kier alpha value is -1.75. The van der Waals surface area contributed by atoms with Gasteiger partial charge >= 0.3 is 0 Å². The predicted molar refractivity (Wildman–Crippen MR) is 68.0 cm³/mol. The molecule has 0 spiro atoms. The minimum Gasteiger partial charge on any atom is -0.477 e. The molecule has 5 nitrogen and oxygen atoms in total. The number of nitrogens with zero attached hydrogens (tertiary/aromatic N) is 1. The van der Waals surface area contributed by atoms with E-state index in [1.807, 2.05) is 0 Å². The van der Waals surface area contributed by atoms with E-state index in [1.165, 1.54) is 11.9 Å². The van der Waals surface area contributed by atoms with Gasteiger partial charge in [0.25, 0.3) is 5.91 Å². The van der Waals surface area contributed by atoms with Gasteiger partial charge in [0.2, 0.25) is 5.91 Å². The van der Waals surface area contributed by atoms with Gasteiger partial charge in [-0.15, -0.1) is 11.6 Å². The van der Waals surface area contributed by atoms with E-state index in [9.17, 15) is 9.59 Å². The molecule has 1 aliphatic heterocycles. The number of benzene rings is 1. The number of hydrogen-bond acceptors (Lipinski definition) is 3. The second kappa shape index (κ2) is 5.27. The molecule has 1 heterocycles. The maximum absolute atomic E-state index is 11.8. The Bertz CT molecular complexity index is 478. The minimum atomic E-state index is -0.711. The molecule has 0 aromatic heterocycles. The van der Waals surface area contributed by atoms with E-state index in [1.54, 1.807) is 24.3 Å². The normalized spacial score (nSPS) is 17.7. The van der Waals surface area contributed by atoms with E-state index >= 15 is 0 Å². The number of carbonyl (C=O) groups excluding carboxylic acids is 2. The zero-order valence-corrected chi connectivity index (χ0v) is 10.6. The lowest BCUT2D eigenvalue weighted by molar-refractivity contribution is -0.127. The summed E-state index contributed by atoms with van der Waals surface area (Å²) in [5.41, 5.74) is 0.642. The monoisotopic (exact) mass is 268 g/mol. The molecule has 1 N–H and O–H groups in total. The van der Waals surface area contributed by atoms with Crippen molar-refractivity contribution in [2.24, 2.45) is 0 Å². The van der Waals surface area contributed by atoms with E-state index in [0.29, 0.717) is 11.4 Å². The van der Waals surface area contributed by atoms with Crippen LogP contribution in [0.4, 0.5) is 5.69 Å². The van der Waals surface area contributed by atoms with Crippen LogP contribution in [0.2, 0.25) is 0 Å². The fourth-order valence-electron chi connectivity index (χ4n) is 1.84. The van der Waals surface area contributed by atoms with Crippen LogP contribution >= 0.6 is 11.6 Å². The van der Waals surface area contributed by atoms with E-state index in [-0.39, 0.29) is 24.2 Å². The highest BCUT2D eigenvalue weighted by Crippen LogP contribution is 2.33. The van der Waals surface area contributed by atoms with E-state index in [4.69, 9.17) is 16.3 Å². The molecular formula is C12H13ClN2O3. The van der Waals surface area contributed by atoms with Gasteiger partial charge < -0.3 is 15.0 Å². The number of likely N-dealkylation sites (N-methyl/N-ethyl adjacent to an activating group) is 1. The van der Waals surface area contributed by atoms with Crippen LogP contribution in [-0.2, 0) is 9.59 Å². The third-order valence-electron chi connectivity index (χ3n) is 2.73. The fraction of sp³-hybridized carbons (Fsp3) is 0.333. The maximum Gasteiger partial charge on any atom is 0.262 e. The first kappa shape index (κ1) is 12.7. The number of amides is 2. The van der Waals surface area contributed by atoms with Gasteiger partial charge in [-0.25, -0.2) is 0 Å². The first-order chi connectivity index (χ1) is 8.67. The van der Waals surface area contributed by atoms with Crippen molar-refractivity contribution in [3.05, 3.63) is 24.3 Å². The molecule has 0 aliphatic carbocycles. The van der Waals surface area contributed by atoms with Crippen LogP contribution in [0.3, 0.4) is 0 Å². The highest BCUT2D eigenvalue weighted by Gasteiger charge is 2.32. The highest BCUT2D eigenvalue weighted by atomic mass is 35.5. The van der Waals surface area contributed by atoms with Gasteiger partial charge in [0.15, 0.2) is 6.10 Å². The van der Waals surface area contributed by atoms with Crippen LogP contribution in [0.15, 0.2) is 24.3 Å². The molecule has 0 radical (unpaired) electrons. The van der Waals surface area contributed by atoms with Gasteiger partial charge in [-0.05, 0) is 12.1 Å². The van der Waals surface area contributed by atoms with Crippen molar-refractivity contribution in [1.29, 1.82) is 0 Å². The van der Waals surface area contributed by atoms with Crippen LogP contribution < -0.4 is 15.0 Å². The Morgan fingerprint density at radius 2 is 2.22 bits per heavy atom. The quantitative estimate of drug-likeness (QED) is 0.806. The van der Waals surface area contributed by atoms with Gasteiger partial charge in [0.1, 0.15) is 11.6 Å². The zero-order chi connectivity index (χ0) is 13.1. The van der Waals surface area contributed by atoms with Crippen molar-refractivity contribution in [1.82, 2.24) is 5.32 Å². The van der Waals surface area contributed by atoms with Gasteiger partial charge in [-0.3, -0.25) is 9.59 Å². The molecule has 6 heteroatoms. The predicted octanol–water partition coefficient (Wildman–Crippen LogP) is 0.765. The smallest absolute Gasteiger partial charge is 0.262 e. The van der Waals surface area contributed by atoms with Gasteiger partial charge in [-0.2, -0.15) is 0 Å². The highest BCUT2D eigenvalue weighted by molar-refractivity contribution is 6.29. The summed E-state index contributed by atoms with van der Waals surface area (Å²) < 4.78 is 5.56. The Labute approximate surface area is 110 Å². The molecule has 1 atom stereocenters. The second-order valence-electron chi connectivity index (χ2n) is 3.83. The first-order valence-corrected chi connectivity index (χ1v) is 6.04. The standard InChI is InChI=1S/C12H13ClN2O3/c1-14-12(17)10-7-15(11(16)6-13)8-4-2-3-5-9(8)18-10/h2-5,10H,6-7H2,1H3,(H,14,17)/t10-/m1/s1. The number of nitrogens with one attached hydrogen (secondary N) is 1. The summed E-state index contributed by atoms with van der Waals surface area (Å²) >= 11 is 5.58.